The van der Waals surface area contributed by atoms with Crippen molar-refractivity contribution in [1.82, 2.24) is 5.32 Å². The molecule has 0 heterocycles. The summed E-state index contributed by atoms with van der Waals surface area (Å²) in [5.74, 6) is 0.672. The van der Waals surface area contributed by atoms with Crippen molar-refractivity contribution < 1.29 is 4.79 Å². The van der Waals surface area contributed by atoms with E-state index < -0.39 is 0 Å². The Morgan fingerprint density at radius 2 is 2.20 bits per heavy atom. The largest absolute Gasteiger partial charge is 0.399 e. The molecule has 1 aliphatic rings. The van der Waals surface area contributed by atoms with Gasteiger partial charge in [-0.1, -0.05) is 32.3 Å². The smallest absolute Gasteiger partial charge is 0.251 e. The van der Waals surface area contributed by atoms with Gasteiger partial charge in [-0.05, 0) is 43.4 Å². The number of nitrogens with two attached hydrogens (primary N) is 1. The summed E-state index contributed by atoms with van der Waals surface area (Å²) in [7, 11) is 0. The number of amides is 1. The zero-order valence-corrected chi connectivity index (χ0v) is 12.9. The molecule has 1 aliphatic carbocycles. The molecule has 4 heteroatoms. The molecule has 20 heavy (non-hydrogen) atoms. The number of carbonyl (C=O) groups excluding carboxylic acids is 1. The highest BCUT2D eigenvalue weighted by molar-refractivity contribution is 5.95. The van der Waals surface area contributed by atoms with Crippen LogP contribution in [0.1, 0.15) is 55.8 Å². The molecule has 1 aromatic carbocycles. The number of halogens is 1. The molecule has 3 N–H and O–H groups in total. The Labute approximate surface area is 127 Å². The number of nitrogen functional groups attached to an aromatic ring is 1. The fourth-order valence-electron chi connectivity index (χ4n) is 2.97. The Morgan fingerprint density at radius 3 is 2.90 bits per heavy atom. The van der Waals surface area contributed by atoms with E-state index in [1.807, 2.05) is 12.1 Å². The van der Waals surface area contributed by atoms with Crippen LogP contribution in [0.15, 0.2) is 24.3 Å². The highest BCUT2D eigenvalue weighted by atomic mass is 35.5. The maximum Gasteiger partial charge on any atom is 0.251 e. The molecule has 1 aromatic rings. The summed E-state index contributed by atoms with van der Waals surface area (Å²) in [6.07, 6.45) is 7.32. The minimum Gasteiger partial charge on any atom is -0.399 e. The monoisotopic (exact) mass is 296 g/mol. The molecular formula is C16H25ClN2O. The van der Waals surface area contributed by atoms with Crippen molar-refractivity contribution in [1.29, 1.82) is 0 Å². The Hall–Kier alpha value is -1.22. The number of benzene rings is 1. The van der Waals surface area contributed by atoms with Crippen molar-refractivity contribution in [3.63, 3.8) is 0 Å². The van der Waals surface area contributed by atoms with Gasteiger partial charge in [0.2, 0.25) is 0 Å². The molecule has 1 saturated carbocycles. The van der Waals surface area contributed by atoms with Gasteiger partial charge < -0.3 is 11.1 Å². The first kappa shape index (κ1) is 16.8. The lowest BCUT2D eigenvalue weighted by Gasteiger charge is -2.21. The van der Waals surface area contributed by atoms with Crippen LogP contribution in [0.25, 0.3) is 0 Å². The van der Waals surface area contributed by atoms with E-state index in [1.165, 1.54) is 32.1 Å². The number of anilines is 1. The second-order valence-electron chi connectivity index (χ2n) is 5.54. The van der Waals surface area contributed by atoms with E-state index in [1.54, 1.807) is 12.1 Å². The van der Waals surface area contributed by atoms with Gasteiger partial charge in [0.25, 0.3) is 5.91 Å². The summed E-state index contributed by atoms with van der Waals surface area (Å²) in [6.45, 7) is 2.22. The molecule has 0 aromatic heterocycles. The summed E-state index contributed by atoms with van der Waals surface area (Å²) in [5.41, 5.74) is 7.03. The van der Waals surface area contributed by atoms with Crippen molar-refractivity contribution >= 4 is 24.0 Å². The van der Waals surface area contributed by atoms with E-state index in [2.05, 4.69) is 12.2 Å². The van der Waals surface area contributed by atoms with E-state index in [0.29, 0.717) is 23.2 Å². The molecule has 1 fully saturated rings. The van der Waals surface area contributed by atoms with Gasteiger partial charge in [-0.15, -0.1) is 12.4 Å². The lowest BCUT2D eigenvalue weighted by molar-refractivity contribution is 0.0926. The lowest BCUT2D eigenvalue weighted by atomic mass is 9.96. The molecular weight excluding hydrogens is 272 g/mol. The van der Waals surface area contributed by atoms with Crippen molar-refractivity contribution in [2.45, 2.75) is 51.5 Å². The van der Waals surface area contributed by atoms with Crippen molar-refractivity contribution in [2.24, 2.45) is 5.92 Å². The quantitative estimate of drug-likeness (QED) is 0.813. The topological polar surface area (TPSA) is 55.1 Å². The zero-order valence-electron chi connectivity index (χ0n) is 12.1. The van der Waals surface area contributed by atoms with E-state index in [-0.39, 0.29) is 18.3 Å². The third-order valence-corrected chi connectivity index (χ3v) is 4.05. The molecule has 0 spiro atoms. The Bertz CT molecular complexity index is 436. The first-order valence-corrected chi connectivity index (χ1v) is 7.37. The zero-order chi connectivity index (χ0) is 13.7. The number of unbranched alkanes of at least 4 members (excludes halogenated alkanes) is 1. The van der Waals surface area contributed by atoms with Crippen LogP contribution in [-0.2, 0) is 0 Å². The molecule has 0 saturated heterocycles. The molecule has 0 radical (unpaired) electrons. The maximum absolute atomic E-state index is 12.2. The average Bonchev–Trinajstić information content (AvgIpc) is 2.83. The minimum atomic E-state index is 0. The third kappa shape index (κ3) is 4.41. The van der Waals surface area contributed by atoms with Gasteiger partial charge in [0, 0.05) is 17.3 Å². The van der Waals surface area contributed by atoms with Gasteiger partial charge in [0.05, 0.1) is 0 Å². The van der Waals surface area contributed by atoms with Crippen LogP contribution in [0.3, 0.4) is 0 Å². The molecule has 3 nitrogen and oxygen atoms in total. The third-order valence-electron chi connectivity index (χ3n) is 4.05. The van der Waals surface area contributed by atoms with Gasteiger partial charge >= 0.3 is 0 Å². The second-order valence-corrected chi connectivity index (χ2v) is 5.54. The van der Waals surface area contributed by atoms with E-state index in [0.717, 1.165) is 6.42 Å². The average molecular weight is 297 g/mol. The predicted octanol–water partition coefficient (Wildman–Crippen LogP) is 3.78. The summed E-state index contributed by atoms with van der Waals surface area (Å²) in [6, 6.07) is 7.54. The number of rotatable bonds is 5. The Balaban J connectivity index is 0.00000200. The van der Waals surface area contributed by atoms with Crippen LogP contribution in [0.2, 0.25) is 0 Å². The minimum absolute atomic E-state index is 0. The molecule has 1 amide bonds. The van der Waals surface area contributed by atoms with Crippen molar-refractivity contribution in [2.75, 3.05) is 5.73 Å². The van der Waals surface area contributed by atoms with Gasteiger partial charge in [0.1, 0.15) is 0 Å². The van der Waals surface area contributed by atoms with Gasteiger partial charge in [-0.25, -0.2) is 0 Å². The highest BCUT2D eigenvalue weighted by Gasteiger charge is 2.28. The van der Waals surface area contributed by atoms with Crippen LogP contribution in [0, 0.1) is 5.92 Å². The van der Waals surface area contributed by atoms with Gasteiger partial charge in [-0.3, -0.25) is 4.79 Å². The van der Waals surface area contributed by atoms with E-state index in [4.69, 9.17) is 5.73 Å². The fourth-order valence-corrected chi connectivity index (χ4v) is 2.97. The van der Waals surface area contributed by atoms with Crippen LogP contribution >= 0.6 is 12.4 Å². The van der Waals surface area contributed by atoms with E-state index in [9.17, 15) is 4.79 Å². The summed E-state index contributed by atoms with van der Waals surface area (Å²) in [4.78, 5) is 12.2. The SMILES string of the molecule is CCCCC1CCCC1NC(=O)c1cccc(N)c1.Cl. The number of hydrogen-bond donors (Lipinski definition) is 2. The van der Waals surface area contributed by atoms with Gasteiger partial charge in [-0.2, -0.15) is 0 Å². The van der Waals surface area contributed by atoms with Crippen LogP contribution < -0.4 is 11.1 Å². The molecule has 0 aliphatic heterocycles. The molecule has 2 atom stereocenters. The van der Waals surface area contributed by atoms with Gasteiger partial charge in [0.15, 0.2) is 0 Å². The fraction of sp³-hybridized carbons (Fsp3) is 0.562. The highest BCUT2D eigenvalue weighted by Crippen LogP contribution is 2.30. The van der Waals surface area contributed by atoms with E-state index >= 15 is 0 Å². The van der Waals surface area contributed by atoms with Crippen molar-refractivity contribution in [3.8, 4) is 0 Å². The Morgan fingerprint density at radius 1 is 1.40 bits per heavy atom. The lowest BCUT2D eigenvalue weighted by Crippen LogP contribution is -2.37. The second kappa shape index (κ2) is 8.15. The maximum atomic E-state index is 12.2. The van der Waals surface area contributed by atoms with Crippen LogP contribution in [0.4, 0.5) is 5.69 Å². The predicted molar refractivity (Wildman–Crippen MR) is 86.2 cm³/mol. The van der Waals surface area contributed by atoms with Crippen molar-refractivity contribution in [3.05, 3.63) is 29.8 Å². The normalized spacial score (nSPS) is 21.2. The summed E-state index contributed by atoms with van der Waals surface area (Å²) >= 11 is 0. The number of carbonyl (C=O) groups is 1. The van der Waals surface area contributed by atoms with Crippen LogP contribution in [-0.4, -0.2) is 11.9 Å². The number of nitrogens with one attached hydrogen (secondary N) is 1. The number of hydrogen-bond acceptors (Lipinski definition) is 2. The first-order chi connectivity index (χ1) is 9.20. The van der Waals surface area contributed by atoms with Crippen LogP contribution in [0.5, 0.6) is 0 Å². The molecule has 0 bridgehead atoms. The summed E-state index contributed by atoms with van der Waals surface area (Å²) < 4.78 is 0. The molecule has 2 rings (SSSR count). The first-order valence-electron chi connectivity index (χ1n) is 7.37. The summed E-state index contributed by atoms with van der Waals surface area (Å²) in [5, 5.41) is 3.19. The molecule has 2 unspecified atom stereocenters. The molecule has 112 valence electrons. The Kier molecular flexibility index (Phi) is 6.86. The standard InChI is InChI=1S/C16H24N2O.ClH/c1-2-3-6-12-7-5-10-15(12)18-16(19)13-8-4-9-14(17)11-13;/h4,8-9,11-12,15H,2-3,5-7,10,17H2,1H3,(H,18,19);1H.